The first-order chi connectivity index (χ1) is 16.9. The van der Waals surface area contributed by atoms with Gasteiger partial charge in [0.1, 0.15) is 5.52 Å². The van der Waals surface area contributed by atoms with E-state index in [0.29, 0.717) is 17.3 Å². The lowest BCUT2D eigenvalue weighted by Gasteiger charge is -2.18. The molecular weight excluding hydrogens is 460 g/mol. The Balaban J connectivity index is 1.27. The van der Waals surface area contributed by atoms with Gasteiger partial charge in [0, 0.05) is 49.3 Å². The highest BCUT2D eigenvalue weighted by Crippen LogP contribution is 2.31. The lowest BCUT2D eigenvalue weighted by atomic mass is 9.95. The lowest BCUT2D eigenvalue weighted by molar-refractivity contribution is 0.568. The average molecular weight is 493 g/mol. The van der Waals surface area contributed by atoms with Crippen LogP contribution in [-0.2, 0) is 29.4 Å². The SMILES string of the molecule is CN(C)c1cccc2c(S(=O)(=O)NCCCCn3cnc4c(N)nc5c(c43)CCCC5)cccc12. The monoisotopic (exact) mass is 492 g/mol. The van der Waals surface area contributed by atoms with E-state index in [1.165, 1.54) is 5.56 Å². The summed E-state index contributed by atoms with van der Waals surface area (Å²) in [4.78, 5) is 11.4. The van der Waals surface area contributed by atoms with Gasteiger partial charge >= 0.3 is 0 Å². The summed E-state index contributed by atoms with van der Waals surface area (Å²) in [7, 11) is 0.285. The minimum Gasteiger partial charge on any atom is -0.382 e. The van der Waals surface area contributed by atoms with E-state index in [4.69, 9.17) is 5.73 Å². The molecule has 4 aromatic rings. The number of nitrogens with two attached hydrogens (primary N) is 1. The Morgan fingerprint density at radius 3 is 2.66 bits per heavy atom. The summed E-state index contributed by atoms with van der Waals surface area (Å²) in [6.45, 7) is 1.13. The molecule has 8 nitrogen and oxygen atoms in total. The minimum absolute atomic E-state index is 0.314. The predicted molar refractivity (Wildman–Crippen MR) is 141 cm³/mol. The number of imidazole rings is 1. The Morgan fingerprint density at radius 1 is 1.06 bits per heavy atom. The molecule has 0 spiro atoms. The van der Waals surface area contributed by atoms with Gasteiger partial charge in [0.25, 0.3) is 0 Å². The lowest BCUT2D eigenvalue weighted by Crippen LogP contribution is -2.25. The summed E-state index contributed by atoms with van der Waals surface area (Å²) in [6.07, 6.45) is 7.65. The summed E-state index contributed by atoms with van der Waals surface area (Å²) in [5.74, 6) is 0.500. The van der Waals surface area contributed by atoms with E-state index in [1.54, 1.807) is 12.1 Å². The largest absolute Gasteiger partial charge is 0.382 e. The Labute approximate surface area is 206 Å². The van der Waals surface area contributed by atoms with Crippen LogP contribution in [0.3, 0.4) is 0 Å². The van der Waals surface area contributed by atoms with E-state index < -0.39 is 10.0 Å². The normalized spacial score (nSPS) is 13.9. The van der Waals surface area contributed by atoms with Gasteiger partial charge < -0.3 is 15.2 Å². The highest BCUT2D eigenvalue weighted by atomic mass is 32.2. The van der Waals surface area contributed by atoms with Crippen molar-refractivity contribution in [1.29, 1.82) is 0 Å². The van der Waals surface area contributed by atoms with E-state index in [2.05, 4.69) is 19.3 Å². The number of aromatic nitrogens is 3. The molecule has 0 amide bonds. The van der Waals surface area contributed by atoms with Crippen LogP contribution < -0.4 is 15.4 Å². The molecule has 0 saturated carbocycles. The molecule has 2 heterocycles. The van der Waals surface area contributed by atoms with Gasteiger partial charge in [0.05, 0.1) is 16.7 Å². The fraction of sp³-hybridized carbons (Fsp3) is 0.385. The van der Waals surface area contributed by atoms with Crippen molar-refractivity contribution in [3.8, 4) is 0 Å². The van der Waals surface area contributed by atoms with Crippen LogP contribution in [-0.4, -0.2) is 43.6 Å². The van der Waals surface area contributed by atoms with Gasteiger partial charge in [-0.1, -0.05) is 24.3 Å². The van der Waals surface area contributed by atoms with Crippen molar-refractivity contribution in [2.45, 2.75) is 50.0 Å². The molecule has 0 atom stereocenters. The van der Waals surface area contributed by atoms with Crippen LogP contribution in [0.15, 0.2) is 47.6 Å². The van der Waals surface area contributed by atoms with Crippen LogP contribution >= 0.6 is 0 Å². The number of benzene rings is 2. The number of hydrogen-bond donors (Lipinski definition) is 2. The number of pyridine rings is 1. The number of hydrogen-bond acceptors (Lipinski definition) is 6. The van der Waals surface area contributed by atoms with Crippen molar-refractivity contribution < 1.29 is 8.42 Å². The molecule has 0 aliphatic heterocycles. The average Bonchev–Trinajstić information content (AvgIpc) is 3.28. The summed E-state index contributed by atoms with van der Waals surface area (Å²) >= 11 is 0. The zero-order valence-electron chi connectivity index (χ0n) is 20.3. The third-order valence-electron chi connectivity index (χ3n) is 6.81. The second kappa shape index (κ2) is 9.47. The van der Waals surface area contributed by atoms with Crippen molar-refractivity contribution in [1.82, 2.24) is 19.3 Å². The highest BCUT2D eigenvalue weighted by Gasteiger charge is 2.20. The second-order valence-electron chi connectivity index (χ2n) is 9.39. The molecule has 0 unspecified atom stereocenters. The van der Waals surface area contributed by atoms with Crippen LogP contribution in [0.1, 0.15) is 36.9 Å². The van der Waals surface area contributed by atoms with Crippen molar-refractivity contribution >= 4 is 43.3 Å². The molecule has 9 heteroatoms. The first-order valence-corrected chi connectivity index (χ1v) is 13.7. The van der Waals surface area contributed by atoms with Crippen molar-refractivity contribution in [2.75, 3.05) is 31.3 Å². The molecule has 5 rings (SSSR count). The van der Waals surface area contributed by atoms with Gasteiger partial charge in [-0.15, -0.1) is 0 Å². The summed E-state index contributed by atoms with van der Waals surface area (Å²) in [5.41, 5.74) is 11.4. The highest BCUT2D eigenvalue weighted by molar-refractivity contribution is 7.89. The number of nitrogens with zero attached hydrogens (tertiary/aromatic N) is 4. The molecule has 0 bridgehead atoms. The quantitative estimate of drug-likeness (QED) is 0.362. The number of nitrogen functional groups attached to an aromatic ring is 1. The van der Waals surface area contributed by atoms with Crippen molar-refractivity contribution in [3.05, 3.63) is 54.0 Å². The standard InChI is InChI=1S/C26H32N6O2S/c1-31(2)22-13-7-11-19-18(22)10-8-14-23(19)35(33,34)29-15-5-6-16-32-17-28-24-25(32)20-9-3-4-12-21(20)30-26(24)27/h7-8,10-11,13-14,17,29H,3-6,9,12,15-16H2,1-2H3,(H2,27,30). The minimum atomic E-state index is -3.63. The molecule has 2 aromatic carbocycles. The molecule has 1 aliphatic rings. The number of aryl methyl sites for hydroxylation is 3. The van der Waals surface area contributed by atoms with E-state index >= 15 is 0 Å². The number of fused-ring (bicyclic) bond motifs is 4. The smallest absolute Gasteiger partial charge is 0.241 e. The maximum absolute atomic E-state index is 13.1. The first-order valence-electron chi connectivity index (χ1n) is 12.2. The fourth-order valence-electron chi connectivity index (χ4n) is 5.10. The Morgan fingerprint density at radius 2 is 1.83 bits per heavy atom. The molecular formula is C26H32N6O2S. The van der Waals surface area contributed by atoms with Gasteiger partial charge in [-0.05, 0) is 56.2 Å². The van der Waals surface area contributed by atoms with Crippen LogP contribution in [0.4, 0.5) is 11.5 Å². The zero-order chi connectivity index (χ0) is 24.6. The van der Waals surface area contributed by atoms with Gasteiger partial charge in [0.15, 0.2) is 5.82 Å². The van der Waals surface area contributed by atoms with E-state index in [1.807, 2.05) is 49.6 Å². The van der Waals surface area contributed by atoms with E-state index in [9.17, 15) is 8.42 Å². The maximum Gasteiger partial charge on any atom is 0.241 e. The maximum atomic E-state index is 13.1. The van der Waals surface area contributed by atoms with Crippen LogP contribution in [0.5, 0.6) is 0 Å². The molecule has 3 N–H and O–H groups in total. The first kappa shape index (κ1) is 23.6. The Bertz CT molecular complexity index is 1490. The van der Waals surface area contributed by atoms with Crippen LogP contribution in [0.2, 0.25) is 0 Å². The number of nitrogens with one attached hydrogen (secondary N) is 1. The van der Waals surface area contributed by atoms with E-state index in [0.717, 1.165) is 78.3 Å². The van der Waals surface area contributed by atoms with Crippen LogP contribution in [0, 0.1) is 0 Å². The molecule has 0 radical (unpaired) electrons. The molecule has 1 aliphatic carbocycles. The van der Waals surface area contributed by atoms with Crippen molar-refractivity contribution in [3.63, 3.8) is 0 Å². The number of unbranched alkanes of at least 4 members (excludes halogenated alkanes) is 1. The van der Waals surface area contributed by atoms with E-state index in [-0.39, 0.29) is 0 Å². The third kappa shape index (κ3) is 4.46. The number of anilines is 2. The Hall–Kier alpha value is -3.17. The third-order valence-corrected chi connectivity index (χ3v) is 8.33. The summed E-state index contributed by atoms with van der Waals surface area (Å²) in [6, 6.07) is 11.2. The number of rotatable bonds is 8. The van der Waals surface area contributed by atoms with Gasteiger partial charge in [-0.2, -0.15) is 0 Å². The number of sulfonamides is 1. The fourth-order valence-corrected chi connectivity index (χ4v) is 6.40. The summed E-state index contributed by atoms with van der Waals surface area (Å²) < 4.78 is 31.2. The molecule has 0 fully saturated rings. The zero-order valence-corrected chi connectivity index (χ0v) is 21.1. The second-order valence-corrected chi connectivity index (χ2v) is 11.1. The predicted octanol–water partition coefficient (Wildman–Crippen LogP) is 3.87. The van der Waals surface area contributed by atoms with Gasteiger partial charge in [0.2, 0.25) is 10.0 Å². The molecule has 35 heavy (non-hydrogen) atoms. The molecule has 0 saturated heterocycles. The van der Waals surface area contributed by atoms with Crippen LogP contribution in [0.25, 0.3) is 21.8 Å². The summed E-state index contributed by atoms with van der Waals surface area (Å²) in [5, 5.41) is 1.65. The molecule has 2 aromatic heterocycles. The van der Waals surface area contributed by atoms with Gasteiger partial charge in [-0.25, -0.2) is 23.1 Å². The molecule has 184 valence electrons. The van der Waals surface area contributed by atoms with Gasteiger partial charge in [-0.3, -0.25) is 0 Å². The van der Waals surface area contributed by atoms with Crippen molar-refractivity contribution in [2.24, 2.45) is 0 Å². The Kier molecular flexibility index (Phi) is 6.37. The topological polar surface area (TPSA) is 106 Å².